The molecule has 1 aromatic heterocycles. The third-order valence-electron chi connectivity index (χ3n) is 4.65. The van der Waals surface area contributed by atoms with Crippen LogP contribution < -0.4 is 0 Å². The van der Waals surface area contributed by atoms with Crippen LogP contribution in [0.2, 0.25) is 5.02 Å². The summed E-state index contributed by atoms with van der Waals surface area (Å²) in [6.07, 6.45) is 4.40. The quantitative estimate of drug-likeness (QED) is 0.833. The van der Waals surface area contributed by atoms with Gasteiger partial charge in [0.05, 0.1) is 12.0 Å². The molecule has 0 N–H and O–H groups in total. The molecule has 1 saturated heterocycles. The molecule has 5 nitrogen and oxygen atoms in total. The van der Waals surface area contributed by atoms with Gasteiger partial charge in [0.2, 0.25) is 5.91 Å². The minimum Gasteiger partial charge on any atom is -0.341 e. The molecule has 2 amide bonds. The van der Waals surface area contributed by atoms with Crippen molar-refractivity contribution in [3.8, 4) is 0 Å². The number of halogens is 1. The van der Waals surface area contributed by atoms with Crippen LogP contribution >= 0.6 is 11.6 Å². The van der Waals surface area contributed by atoms with Gasteiger partial charge in [0.1, 0.15) is 0 Å². The van der Waals surface area contributed by atoms with Gasteiger partial charge in [-0.1, -0.05) is 23.7 Å². The zero-order valence-corrected chi connectivity index (χ0v) is 15.6. The summed E-state index contributed by atoms with van der Waals surface area (Å²) in [7, 11) is 0. The molecule has 0 aliphatic carbocycles. The highest BCUT2D eigenvalue weighted by Crippen LogP contribution is 2.15. The predicted octanol–water partition coefficient (Wildman–Crippen LogP) is 2.96. The summed E-state index contributed by atoms with van der Waals surface area (Å²) >= 11 is 5.99. The van der Waals surface area contributed by atoms with Gasteiger partial charge in [-0.2, -0.15) is 0 Å². The van der Waals surface area contributed by atoms with Crippen LogP contribution in [0.1, 0.15) is 27.9 Å². The molecule has 1 aromatic carbocycles. The van der Waals surface area contributed by atoms with E-state index in [2.05, 4.69) is 4.98 Å². The maximum Gasteiger partial charge on any atom is 0.255 e. The number of aromatic nitrogens is 1. The van der Waals surface area contributed by atoms with Gasteiger partial charge in [0.25, 0.3) is 5.91 Å². The van der Waals surface area contributed by atoms with Gasteiger partial charge in [-0.3, -0.25) is 14.6 Å². The average molecular weight is 372 g/mol. The largest absolute Gasteiger partial charge is 0.341 e. The Hall–Kier alpha value is -2.40. The van der Waals surface area contributed by atoms with Crippen LogP contribution in [0, 0.1) is 6.92 Å². The first-order valence-electron chi connectivity index (χ1n) is 8.76. The Kier molecular flexibility index (Phi) is 5.89. The Morgan fingerprint density at radius 3 is 2.65 bits per heavy atom. The molecule has 0 radical (unpaired) electrons. The predicted molar refractivity (Wildman–Crippen MR) is 101 cm³/mol. The summed E-state index contributed by atoms with van der Waals surface area (Å²) in [6.45, 7) is 4.30. The zero-order chi connectivity index (χ0) is 18.5. The second kappa shape index (κ2) is 8.32. The second-order valence-corrected chi connectivity index (χ2v) is 6.96. The monoisotopic (exact) mass is 371 g/mol. The van der Waals surface area contributed by atoms with E-state index in [-0.39, 0.29) is 11.8 Å². The van der Waals surface area contributed by atoms with Crippen molar-refractivity contribution in [1.82, 2.24) is 14.8 Å². The number of hydrogen-bond acceptors (Lipinski definition) is 3. The van der Waals surface area contributed by atoms with Gasteiger partial charge < -0.3 is 9.80 Å². The molecule has 2 heterocycles. The number of rotatable bonds is 3. The van der Waals surface area contributed by atoms with E-state index in [1.165, 1.54) is 0 Å². The number of nitrogens with zero attached hydrogens (tertiary/aromatic N) is 3. The molecule has 0 unspecified atom stereocenters. The highest BCUT2D eigenvalue weighted by Gasteiger charge is 2.23. The van der Waals surface area contributed by atoms with Crippen LogP contribution in [0.3, 0.4) is 0 Å². The lowest BCUT2D eigenvalue weighted by Gasteiger charge is -2.22. The number of benzene rings is 1. The van der Waals surface area contributed by atoms with Crippen LogP contribution in [0.25, 0.3) is 0 Å². The van der Waals surface area contributed by atoms with Gasteiger partial charge in [-0.25, -0.2) is 0 Å². The highest BCUT2D eigenvalue weighted by atomic mass is 35.5. The second-order valence-electron chi connectivity index (χ2n) is 6.52. The molecule has 1 aliphatic heterocycles. The van der Waals surface area contributed by atoms with Crippen molar-refractivity contribution in [2.24, 2.45) is 0 Å². The fourth-order valence-electron chi connectivity index (χ4n) is 3.16. The topological polar surface area (TPSA) is 53.5 Å². The number of carbonyl (C=O) groups is 2. The van der Waals surface area contributed by atoms with Gasteiger partial charge in [-0.15, -0.1) is 0 Å². The number of pyridine rings is 1. The minimum atomic E-state index is -0.0141. The Morgan fingerprint density at radius 2 is 1.88 bits per heavy atom. The number of amides is 2. The summed E-state index contributed by atoms with van der Waals surface area (Å²) < 4.78 is 0. The maximum absolute atomic E-state index is 12.7. The summed E-state index contributed by atoms with van der Waals surface area (Å²) in [5.41, 5.74) is 2.46. The van der Waals surface area contributed by atoms with Gasteiger partial charge in [0.15, 0.2) is 0 Å². The van der Waals surface area contributed by atoms with E-state index in [0.29, 0.717) is 43.2 Å². The Bertz CT molecular complexity index is 809. The lowest BCUT2D eigenvalue weighted by atomic mass is 10.1. The van der Waals surface area contributed by atoms with E-state index >= 15 is 0 Å². The van der Waals surface area contributed by atoms with Crippen LogP contribution in [0.5, 0.6) is 0 Å². The molecule has 0 spiro atoms. The molecule has 6 heteroatoms. The van der Waals surface area contributed by atoms with Crippen LogP contribution in [0.4, 0.5) is 0 Å². The first-order valence-corrected chi connectivity index (χ1v) is 9.14. The zero-order valence-electron chi connectivity index (χ0n) is 14.8. The van der Waals surface area contributed by atoms with Crippen molar-refractivity contribution < 1.29 is 9.59 Å². The van der Waals surface area contributed by atoms with E-state index in [0.717, 1.165) is 17.5 Å². The first kappa shape index (κ1) is 18.4. The first-order chi connectivity index (χ1) is 12.5. The lowest BCUT2D eigenvalue weighted by Crippen LogP contribution is -2.38. The smallest absolute Gasteiger partial charge is 0.255 e. The SMILES string of the molecule is Cc1ccncc1C(=O)N1CCCN(C(=O)Cc2cccc(Cl)c2)CC1. The number of aryl methyl sites for hydroxylation is 1. The summed E-state index contributed by atoms with van der Waals surface area (Å²) in [5.74, 6) is 0.0545. The molecule has 3 rings (SSSR count). The van der Waals surface area contributed by atoms with E-state index in [1.54, 1.807) is 18.5 Å². The third-order valence-corrected chi connectivity index (χ3v) is 4.88. The third kappa shape index (κ3) is 4.41. The molecular formula is C20H22ClN3O2. The summed E-state index contributed by atoms with van der Waals surface area (Å²) in [6, 6.07) is 9.21. The van der Waals surface area contributed by atoms with Gasteiger partial charge >= 0.3 is 0 Å². The fourth-order valence-corrected chi connectivity index (χ4v) is 3.37. The molecule has 0 saturated carbocycles. The molecule has 1 aliphatic rings. The van der Waals surface area contributed by atoms with E-state index in [4.69, 9.17) is 11.6 Å². The van der Waals surface area contributed by atoms with Crippen molar-refractivity contribution >= 4 is 23.4 Å². The van der Waals surface area contributed by atoms with Gasteiger partial charge in [0, 0.05) is 43.6 Å². The van der Waals surface area contributed by atoms with Crippen LogP contribution in [-0.4, -0.2) is 52.8 Å². The normalized spacial score (nSPS) is 14.8. The molecule has 0 atom stereocenters. The van der Waals surface area contributed by atoms with Crippen molar-refractivity contribution in [2.75, 3.05) is 26.2 Å². The molecule has 1 fully saturated rings. The van der Waals surface area contributed by atoms with E-state index < -0.39 is 0 Å². The van der Waals surface area contributed by atoms with E-state index in [9.17, 15) is 9.59 Å². The van der Waals surface area contributed by atoms with Crippen molar-refractivity contribution in [2.45, 2.75) is 19.8 Å². The van der Waals surface area contributed by atoms with Crippen molar-refractivity contribution in [3.05, 3.63) is 64.4 Å². The van der Waals surface area contributed by atoms with Crippen molar-refractivity contribution in [1.29, 1.82) is 0 Å². The summed E-state index contributed by atoms with van der Waals surface area (Å²) in [5, 5.41) is 0.634. The Labute approximate surface area is 158 Å². The maximum atomic E-state index is 12.7. The Balaban J connectivity index is 1.62. The molecular weight excluding hydrogens is 350 g/mol. The standard InChI is InChI=1S/C20H22ClN3O2/c1-15-6-7-22-14-18(15)20(26)24-9-3-8-23(10-11-24)19(25)13-16-4-2-5-17(21)12-16/h2,4-7,12,14H,3,8-11,13H2,1H3. The summed E-state index contributed by atoms with van der Waals surface area (Å²) in [4.78, 5) is 33.1. The highest BCUT2D eigenvalue weighted by molar-refractivity contribution is 6.30. The number of carbonyl (C=O) groups excluding carboxylic acids is 2. The molecule has 2 aromatic rings. The van der Waals surface area contributed by atoms with Crippen LogP contribution in [0.15, 0.2) is 42.7 Å². The fraction of sp³-hybridized carbons (Fsp3) is 0.350. The molecule has 0 bridgehead atoms. The minimum absolute atomic E-state index is 0.0141. The van der Waals surface area contributed by atoms with Crippen molar-refractivity contribution in [3.63, 3.8) is 0 Å². The lowest BCUT2D eigenvalue weighted by molar-refractivity contribution is -0.130. The molecule has 136 valence electrons. The van der Waals surface area contributed by atoms with Crippen LogP contribution in [-0.2, 0) is 11.2 Å². The Morgan fingerprint density at radius 1 is 1.12 bits per heavy atom. The number of hydrogen-bond donors (Lipinski definition) is 0. The molecule has 26 heavy (non-hydrogen) atoms. The van der Waals surface area contributed by atoms with Gasteiger partial charge in [-0.05, 0) is 42.7 Å². The van der Waals surface area contributed by atoms with E-state index in [1.807, 2.05) is 41.0 Å². The average Bonchev–Trinajstić information content (AvgIpc) is 2.88.